The monoisotopic (exact) mass is 334 g/mol. The Kier molecular flexibility index (Phi) is 5.43. The lowest BCUT2D eigenvalue weighted by atomic mass is 9.82. The van der Waals surface area contributed by atoms with Crippen molar-refractivity contribution in [3.63, 3.8) is 0 Å². The summed E-state index contributed by atoms with van der Waals surface area (Å²) in [5, 5.41) is 10.7. The number of carbonyl (C=O) groups is 1. The summed E-state index contributed by atoms with van der Waals surface area (Å²) < 4.78 is 7.78. The molecule has 24 heavy (non-hydrogen) atoms. The van der Waals surface area contributed by atoms with E-state index in [1.54, 1.807) is 0 Å². The molecule has 1 aliphatic carbocycles. The van der Waals surface area contributed by atoms with Crippen molar-refractivity contribution in [1.82, 2.24) is 20.4 Å². The zero-order valence-electron chi connectivity index (χ0n) is 15.0. The van der Waals surface area contributed by atoms with Crippen LogP contribution in [0, 0.1) is 25.7 Å². The van der Waals surface area contributed by atoms with Crippen LogP contribution in [0.1, 0.15) is 44.0 Å². The summed E-state index contributed by atoms with van der Waals surface area (Å²) in [4.78, 5) is 12.2. The van der Waals surface area contributed by atoms with Crippen molar-refractivity contribution in [1.29, 1.82) is 0 Å². The van der Waals surface area contributed by atoms with E-state index >= 15 is 0 Å². The first-order valence-corrected chi connectivity index (χ1v) is 9.20. The second kappa shape index (κ2) is 7.55. The van der Waals surface area contributed by atoms with E-state index in [2.05, 4.69) is 35.6 Å². The van der Waals surface area contributed by atoms with E-state index < -0.39 is 0 Å². The molecule has 0 bridgehead atoms. The van der Waals surface area contributed by atoms with Crippen molar-refractivity contribution in [2.45, 2.75) is 65.1 Å². The number of carbonyl (C=O) groups excluding carboxylic acids is 1. The summed E-state index contributed by atoms with van der Waals surface area (Å²) in [7, 11) is 0. The van der Waals surface area contributed by atoms with E-state index in [-0.39, 0.29) is 12.1 Å². The van der Waals surface area contributed by atoms with Crippen molar-refractivity contribution in [3.8, 4) is 0 Å². The molecule has 2 aliphatic rings. The first kappa shape index (κ1) is 17.3. The van der Waals surface area contributed by atoms with Gasteiger partial charge in [-0.15, -0.1) is 0 Å². The van der Waals surface area contributed by atoms with E-state index in [9.17, 15) is 4.79 Å². The van der Waals surface area contributed by atoms with Gasteiger partial charge in [-0.05, 0) is 51.5 Å². The Bertz CT molecular complexity index is 571. The van der Waals surface area contributed by atoms with E-state index in [1.165, 1.54) is 5.69 Å². The van der Waals surface area contributed by atoms with Gasteiger partial charge in [-0.1, -0.05) is 6.92 Å². The molecule has 1 saturated heterocycles. The minimum Gasteiger partial charge on any atom is -0.378 e. The second-order valence-electron chi connectivity index (χ2n) is 7.47. The van der Waals surface area contributed by atoms with Gasteiger partial charge in [0, 0.05) is 37.4 Å². The van der Waals surface area contributed by atoms with Crippen LogP contribution in [0.5, 0.6) is 0 Å². The van der Waals surface area contributed by atoms with Crippen LogP contribution in [0.15, 0.2) is 6.07 Å². The van der Waals surface area contributed by atoms with Gasteiger partial charge in [-0.25, -0.2) is 4.79 Å². The zero-order chi connectivity index (χ0) is 17.1. The largest absolute Gasteiger partial charge is 0.378 e. The smallest absolute Gasteiger partial charge is 0.315 e. The fourth-order valence-electron chi connectivity index (χ4n) is 4.06. The molecule has 2 fully saturated rings. The molecular formula is C18H30N4O2. The molecule has 1 saturated carbocycles. The highest BCUT2D eigenvalue weighted by Gasteiger charge is 2.38. The van der Waals surface area contributed by atoms with Crippen molar-refractivity contribution in [3.05, 3.63) is 17.5 Å². The number of nitrogens with zero attached hydrogens (tertiary/aromatic N) is 2. The number of aryl methyl sites for hydroxylation is 2. The minimum absolute atomic E-state index is 0.0484. The van der Waals surface area contributed by atoms with Crippen LogP contribution in [0.3, 0.4) is 0 Å². The molecule has 0 radical (unpaired) electrons. The van der Waals surface area contributed by atoms with Crippen LogP contribution in [-0.2, 0) is 11.3 Å². The molecule has 0 spiro atoms. The number of nitrogens with one attached hydrogen (secondary N) is 2. The van der Waals surface area contributed by atoms with E-state index in [0.717, 1.165) is 44.5 Å². The predicted octanol–water partition coefficient (Wildman–Crippen LogP) is 2.39. The van der Waals surface area contributed by atoms with Crippen LogP contribution in [0.4, 0.5) is 4.79 Å². The molecule has 134 valence electrons. The quantitative estimate of drug-likeness (QED) is 0.869. The minimum atomic E-state index is -0.0484. The van der Waals surface area contributed by atoms with Crippen LogP contribution in [0.2, 0.25) is 0 Å². The highest BCUT2D eigenvalue weighted by atomic mass is 16.5. The van der Waals surface area contributed by atoms with Gasteiger partial charge in [0.25, 0.3) is 0 Å². The molecule has 2 amide bonds. The Morgan fingerprint density at radius 1 is 1.42 bits per heavy atom. The fraction of sp³-hybridized carbons (Fsp3) is 0.778. The van der Waals surface area contributed by atoms with Gasteiger partial charge in [0.15, 0.2) is 0 Å². The molecule has 0 unspecified atom stereocenters. The summed E-state index contributed by atoms with van der Waals surface area (Å²) >= 11 is 0. The molecule has 6 heteroatoms. The maximum Gasteiger partial charge on any atom is 0.315 e. The lowest BCUT2D eigenvalue weighted by Crippen LogP contribution is -2.50. The first-order valence-electron chi connectivity index (χ1n) is 9.20. The second-order valence-corrected chi connectivity index (χ2v) is 7.47. The van der Waals surface area contributed by atoms with Crippen molar-refractivity contribution >= 4 is 6.03 Å². The Hall–Kier alpha value is -1.56. The third kappa shape index (κ3) is 4.09. The Balaban J connectivity index is 1.42. The van der Waals surface area contributed by atoms with Crippen LogP contribution >= 0.6 is 0 Å². The zero-order valence-corrected chi connectivity index (χ0v) is 15.0. The Morgan fingerprint density at radius 3 is 3.00 bits per heavy atom. The summed E-state index contributed by atoms with van der Waals surface area (Å²) in [6.07, 6.45) is 4.78. The van der Waals surface area contributed by atoms with E-state index in [0.29, 0.717) is 24.5 Å². The van der Waals surface area contributed by atoms with Crippen LogP contribution < -0.4 is 10.6 Å². The number of fused-ring (bicyclic) bond motifs is 1. The third-order valence-electron chi connectivity index (χ3n) is 5.30. The van der Waals surface area contributed by atoms with Gasteiger partial charge in [-0.3, -0.25) is 4.68 Å². The summed E-state index contributed by atoms with van der Waals surface area (Å²) in [5.41, 5.74) is 2.20. The lowest BCUT2D eigenvalue weighted by molar-refractivity contribution is 0.0549. The molecule has 1 aromatic rings. The van der Waals surface area contributed by atoms with Crippen LogP contribution in [0.25, 0.3) is 0 Å². The fourth-order valence-corrected chi connectivity index (χ4v) is 4.06. The number of ether oxygens (including phenoxy) is 1. The molecule has 4 atom stereocenters. The van der Waals surface area contributed by atoms with E-state index in [4.69, 9.17) is 4.74 Å². The van der Waals surface area contributed by atoms with Gasteiger partial charge in [0.05, 0.1) is 11.8 Å². The first-order chi connectivity index (χ1) is 11.5. The van der Waals surface area contributed by atoms with Gasteiger partial charge in [0.1, 0.15) is 0 Å². The number of amides is 2. The molecular weight excluding hydrogens is 304 g/mol. The summed E-state index contributed by atoms with van der Waals surface area (Å²) in [5.74, 6) is 0.833. The van der Waals surface area contributed by atoms with Gasteiger partial charge in [0.2, 0.25) is 0 Å². The standard InChI is InChI=1S/C18H30N4O2/c1-12(11-22-14(3)9-13(2)21-22)10-19-18(23)20-16-5-4-6-17-15(16)7-8-24-17/h9,12,15-17H,4-8,10-11H2,1-3H3,(H2,19,20,23)/t12-,15-,16-,17+/m1/s1. The molecule has 1 aromatic heterocycles. The van der Waals surface area contributed by atoms with Crippen molar-refractivity contribution < 1.29 is 9.53 Å². The molecule has 2 heterocycles. The molecule has 2 N–H and O–H groups in total. The topological polar surface area (TPSA) is 68.2 Å². The van der Waals surface area contributed by atoms with Gasteiger partial charge >= 0.3 is 6.03 Å². The summed E-state index contributed by atoms with van der Waals surface area (Å²) in [6.45, 7) is 8.52. The molecule has 6 nitrogen and oxygen atoms in total. The van der Waals surface area contributed by atoms with Crippen LogP contribution in [-0.4, -0.2) is 41.1 Å². The average Bonchev–Trinajstić information content (AvgIpc) is 3.13. The highest BCUT2D eigenvalue weighted by molar-refractivity contribution is 5.74. The number of hydrogen-bond acceptors (Lipinski definition) is 3. The number of urea groups is 1. The maximum absolute atomic E-state index is 12.2. The van der Waals surface area contributed by atoms with Gasteiger partial charge in [-0.2, -0.15) is 5.10 Å². The molecule has 1 aliphatic heterocycles. The van der Waals surface area contributed by atoms with E-state index in [1.807, 2.05) is 11.6 Å². The Labute approximate surface area is 144 Å². The highest BCUT2D eigenvalue weighted by Crippen LogP contribution is 2.34. The lowest BCUT2D eigenvalue weighted by Gasteiger charge is -2.33. The summed E-state index contributed by atoms with van der Waals surface area (Å²) in [6, 6.07) is 2.29. The number of aromatic nitrogens is 2. The average molecular weight is 334 g/mol. The number of hydrogen-bond donors (Lipinski definition) is 2. The Morgan fingerprint density at radius 2 is 2.25 bits per heavy atom. The molecule has 0 aromatic carbocycles. The van der Waals surface area contributed by atoms with Crippen molar-refractivity contribution in [2.24, 2.45) is 11.8 Å². The predicted molar refractivity (Wildman–Crippen MR) is 92.9 cm³/mol. The SMILES string of the molecule is Cc1cc(C)n(C[C@H](C)CNC(=O)N[C@@H]2CCC[C@@H]3OCC[C@@H]32)n1. The van der Waals surface area contributed by atoms with Gasteiger partial charge < -0.3 is 15.4 Å². The number of rotatable bonds is 5. The maximum atomic E-state index is 12.2. The van der Waals surface area contributed by atoms with Crippen molar-refractivity contribution in [2.75, 3.05) is 13.2 Å². The molecule has 3 rings (SSSR count). The normalized spacial score (nSPS) is 27.5. The third-order valence-corrected chi connectivity index (χ3v) is 5.30.